The topological polar surface area (TPSA) is 119 Å². The van der Waals surface area contributed by atoms with Gasteiger partial charge in [0.25, 0.3) is 0 Å². The molecule has 42 heavy (non-hydrogen) atoms. The molecule has 2 amide bonds. The first-order valence-electron chi connectivity index (χ1n) is 12.8. The standard InChI is InChI=1S/C29H29ClFN5O3S2.ClH/c1-17(33-13-12-20-7-3-4-9-24(20)31)27(37)34-28(38)26(41-29-36-35-18(2)40-29)23-11-10-21(30)15-25(23)39-22-8-5-6-19(14-22)16-32;/h3-11,14-15,17,26,33H,12-13,16,32H2,1-2H3,(H,34,37,38);1H. The van der Waals surface area contributed by atoms with Crippen molar-refractivity contribution < 1.29 is 18.7 Å². The summed E-state index contributed by atoms with van der Waals surface area (Å²) in [5.41, 5.74) is 7.69. The van der Waals surface area contributed by atoms with Crippen LogP contribution in [0.5, 0.6) is 11.5 Å². The van der Waals surface area contributed by atoms with Gasteiger partial charge in [0.15, 0.2) is 4.34 Å². The molecule has 0 saturated carbocycles. The highest BCUT2D eigenvalue weighted by Crippen LogP contribution is 2.42. The molecule has 4 rings (SSSR count). The van der Waals surface area contributed by atoms with Crippen LogP contribution in [0.4, 0.5) is 4.39 Å². The van der Waals surface area contributed by atoms with E-state index in [-0.39, 0.29) is 18.2 Å². The minimum absolute atomic E-state index is 0. The Bertz CT molecular complexity index is 1520. The zero-order valence-corrected chi connectivity index (χ0v) is 26.0. The van der Waals surface area contributed by atoms with Gasteiger partial charge in [-0.15, -0.1) is 22.6 Å². The van der Waals surface area contributed by atoms with Gasteiger partial charge in [-0.2, -0.15) is 0 Å². The molecule has 3 aromatic carbocycles. The van der Waals surface area contributed by atoms with Crippen LogP contribution >= 0.6 is 47.1 Å². The van der Waals surface area contributed by atoms with Crippen LogP contribution in [0, 0.1) is 12.7 Å². The lowest BCUT2D eigenvalue weighted by Gasteiger charge is -2.20. The molecule has 0 bridgehead atoms. The van der Waals surface area contributed by atoms with Gasteiger partial charge in [0, 0.05) is 23.7 Å². The number of nitrogens with zero attached hydrogens (tertiary/aromatic N) is 2. The number of imide groups is 1. The summed E-state index contributed by atoms with van der Waals surface area (Å²) in [5.74, 6) is -0.502. The Kier molecular flexibility index (Phi) is 12.7. The van der Waals surface area contributed by atoms with Gasteiger partial charge in [-0.05, 0) is 61.7 Å². The molecule has 4 N–H and O–H groups in total. The highest BCUT2D eigenvalue weighted by atomic mass is 35.5. The maximum Gasteiger partial charge on any atom is 0.244 e. The molecule has 0 saturated heterocycles. The number of aromatic nitrogens is 2. The summed E-state index contributed by atoms with van der Waals surface area (Å²) in [4.78, 5) is 26.6. The average Bonchev–Trinajstić information content (AvgIpc) is 3.37. The van der Waals surface area contributed by atoms with Crippen molar-refractivity contribution in [1.82, 2.24) is 20.8 Å². The van der Waals surface area contributed by atoms with Crippen LogP contribution in [0.25, 0.3) is 0 Å². The Morgan fingerprint density at radius 1 is 1.10 bits per heavy atom. The average molecular weight is 651 g/mol. The number of nitrogens with one attached hydrogen (secondary N) is 2. The predicted molar refractivity (Wildman–Crippen MR) is 167 cm³/mol. The van der Waals surface area contributed by atoms with Gasteiger partial charge in [-0.3, -0.25) is 14.9 Å². The van der Waals surface area contributed by atoms with Crippen molar-refractivity contribution in [2.75, 3.05) is 6.54 Å². The van der Waals surface area contributed by atoms with E-state index in [1.807, 2.05) is 19.1 Å². The number of rotatable bonds is 12. The lowest BCUT2D eigenvalue weighted by atomic mass is 10.1. The molecule has 1 aromatic heterocycles. The number of carbonyl (C=O) groups excluding carboxylic acids is 2. The molecule has 0 aliphatic heterocycles. The number of aryl methyl sites for hydroxylation is 1. The second kappa shape index (κ2) is 16.0. The van der Waals surface area contributed by atoms with Crippen LogP contribution in [0.2, 0.25) is 5.02 Å². The number of thioether (sulfide) groups is 1. The smallest absolute Gasteiger partial charge is 0.244 e. The number of amides is 2. The van der Waals surface area contributed by atoms with E-state index in [0.717, 1.165) is 22.3 Å². The van der Waals surface area contributed by atoms with E-state index < -0.39 is 23.1 Å². The van der Waals surface area contributed by atoms with Gasteiger partial charge in [0.2, 0.25) is 11.8 Å². The van der Waals surface area contributed by atoms with Gasteiger partial charge in [0.05, 0.1) is 6.04 Å². The number of hydrogen-bond donors (Lipinski definition) is 3. The number of nitrogens with two attached hydrogens (primary N) is 1. The Hall–Kier alpha value is -3.06. The SMILES string of the molecule is Cc1nnc(SC(C(=O)NC(=O)C(C)NCCc2ccccc2F)c2ccc(Cl)cc2Oc2cccc(CN)c2)s1.Cl. The molecule has 2 unspecified atom stereocenters. The first-order valence-corrected chi connectivity index (χ1v) is 14.9. The van der Waals surface area contributed by atoms with E-state index in [1.54, 1.807) is 55.5 Å². The number of benzene rings is 3. The Morgan fingerprint density at radius 2 is 1.88 bits per heavy atom. The second-order valence-electron chi connectivity index (χ2n) is 9.09. The molecule has 8 nitrogen and oxygen atoms in total. The molecular weight excluding hydrogens is 620 g/mol. The van der Waals surface area contributed by atoms with Crippen molar-refractivity contribution in [1.29, 1.82) is 0 Å². The third-order valence-corrected chi connectivity index (χ3v) is 8.42. The number of hydrogen-bond acceptors (Lipinski definition) is 9. The molecule has 0 radical (unpaired) electrons. The van der Waals surface area contributed by atoms with E-state index in [2.05, 4.69) is 20.8 Å². The zero-order chi connectivity index (χ0) is 29.4. The zero-order valence-electron chi connectivity index (χ0n) is 22.8. The third-order valence-electron chi connectivity index (χ3n) is 6.03. The molecule has 0 aliphatic rings. The second-order valence-corrected chi connectivity index (χ2v) is 12.1. The normalized spacial score (nSPS) is 12.2. The molecular formula is C29H30Cl2FN5O3S2. The van der Waals surface area contributed by atoms with Gasteiger partial charge in [-0.25, -0.2) is 4.39 Å². The molecule has 13 heteroatoms. The number of halogens is 3. The molecule has 0 fully saturated rings. The van der Waals surface area contributed by atoms with Crippen LogP contribution in [0.15, 0.2) is 71.1 Å². The van der Waals surface area contributed by atoms with E-state index in [0.29, 0.717) is 51.5 Å². The maximum absolute atomic E-state index is 13.9. The summed E-state index contributed by atoms with van der Waals surface area (Å²) in [6, 6.07) is 18.0. The van der Waals surface area contributed by atoms with Crippen LogP contribution in [0.1, 0.15) is 33.9 Å². The fourth-order valence-corrected chi connectivity index (χ4v) is 6.07. The monoisotopic (exact) mass is 649 g/mol. The molecule has 222 valence electrons. The largest absolute Gasteiger partial charge is 0.457 e. The highest BCUT2D eigenvalue weighted by molar-refractivity contribution is 8.01. The number of carbonyl (C=O) groups is 2. The van der Waals surface area contributed by atoms with Crippen LogP contribution in [0.3, 0.4) is 0 Å². The summed E-state index contributed by atoms with van der Waals surface area (Å²) in [6.07, 6.45) is 0.393. The summed E-state index contributed by atoms with van der Waals surface area (Å²) in [5, 5.41) is 14.0. The Labute approximate surface area is 263 Å². The van der Waals surface area contributed by atoms with Crippen molar-refractivity contribution in [3.8, 4) is 11.5 Å². The van der Waals surface area contributed by atoms with E-state index in [1.165, 1.54) is 17.4 Å². The molecule has 1 heterocycles. The fraction of sp³-hybridized carbons (Fsp3) is 0.241. The minimum Gasteiger partial charge on any atom is -0.457 e. The predicted octanol–water partition coefficient (Wildman–Crippen LogP) is 6.01. The quantitative estimate of drug-likeness (QED) is 0.160. The lowest BCUT2D eigenvalue weighted by Crippen LogP contribution is -2.46. The minimum atomic E-state index is -0.915. The van der Waals surface area contributed by atoms with E-state index >= 15 is 0 Å². The van der Waals surface area contributed by atoms with Crippen molar-refractivity contribution in [3.63, 3.8) is 0 Å². The van der Waals surface area contributed by atoms with Crippen molar-refractivity contribution >= 4 is 58.9 Å². The van der Waals surface area contributed by atoms with Crippen LogP contribution < -0.4 is 21.1 Å². The first kappa shape index (κ1) is 33.4. The van der Waals surface area contributed by atoms with Crippen molar-refractivity contribution in [2.24, 2.45) is 5.73 Å². The highest BCUT2D eigenvalue weighted by Gasteiger charge is 2.30. The van der Waals surface area contributed by atoms with Crippen molar-refractivity contribution in [3.05, 3.63) is 99.3 Å². The Morgan fingerprint density at radius 3 is 2.60 bits per heavy atom. The lowest BCUT2D eigenvalue weighted by molar-refractivity contribution is -0.131. The molecule has 4 aromatic rings. The summed E-state index contributed by atoms with van der Waals surface area (Å²) < 4.78 is 20.6. The van der Waals surface area contributed by atoms with Crippen LogP contribution in [-0.2, 0) is 22.6 Å². The number of ether oxygens (including phenoxy) is 1. The van der Waals surface area contributed by atoms with Crippen molar-refractivity contribution in [2.45, 2.75) is 42.4 Å². The fourth-order valence-electron chi connectivity index (χ4n) is 3.87. The molecule has 0 aliphatic carbocycles. The Balaban J connectivity index is 0.00000484. The van der Waals surface area contributed by atoms with Gasteiger partial charge in [-0.1, -0.05) is 71.1 Å². The summed E-state index contributed by atoms with van der Waals surface area (Å²) in [6.45, 7) is 4.15. The van der Waals surface area contributed by atoms with E-state index in [9.17, 15) is 14.0 Å². The molecule has 2 atom stereocenters. The first-order chi connectivity index (χ1) is 19.7. The molecule has 0 spiro atoms. The van der Waals surface area contributed by atoms with Gasteiger partial charge < -0.3 is 15.8 Å². The third kappa shape index (κ3) is 9.22. The summed E-state index contributed by atoms with van der Waals surface area (Å²) >= 11 is 8.79. The van der Waals surface area contributed by atoms with Gasteiger partial charge in [0.1, 0.15) is 27.6 Å². The maximum atomic E-state index is 13.9. The summed E-state index contributed by atoms with van der Waals surface area (Å²) in [7, 11) is 0. The van der Waals surface area contributed by atoms with Crippen LogP contribution in [-0.4, -0.2) is 34.6 Å². The van der Waals surface area contributed by atoms with Gasteiger partial charge >= 0.3 is 0 Å². The van der Waals surface area contributed by atoms with E-state index in [4.69, 9.17) is 22.1 Å².